The summed E-state index contributed by atoms with van der Waals surface area (Å²) in [7, 11) is 0.885. The molecule has 0 amide bonds. The highest BCUT2D eigenvalue weighted by atomic mass is 31.1. The van der Waals surface area contributed by atoms with E-state index < -0.39 is 0 Å². The second kappa shape index (κ2) is 7.91. The first-order valence-corrected chi connectivity index (χ1v) is 4.63. The smallest absolute Gasteiger partial charge is 0.0376 e. The molecule has 0 rings (SSSR count). The van der Waals surface area contributed by atoms with Crippen molar-refractivity contribution in [3.63, 3.8) is 0 Å². The van der Waals surface area contributed by atoms with Crippen molar-refractivity contribution in [1.82, 2.24) is 0 Å². The molecule has 0 fully saturated rings. The van der Waals surface area contributed by atoms with E-state index in [0.29, 0.717) is 0 Å². The minimum absolute atomic E-state index is 0.885. The first kappa shape index (κ1) is 8.91. The fourth-order valence-electron chi connectivity index (χ4n) is 0.427. The van der Waals surface area contributed by atoms with Gasteiger partial charge in [-0.15, -0.1) is 0 Å². The van der Waals surface area contributed by atoms with Gasteiger partial charge in [-0.2, -0.15) is 0 Å². The van der Waals surface area contributed by atoms with Crippen molar-refractivity contribution in [3.8, 4) is 0 Å². The Balaban J connectivity index is 3.08. The molecule has 0 aliphatic rings. The van der Waals surface area contributed by atoms with Crippen LogP contribution < -0.4 is 0 Å². The summed E-state index contributed by atoms with van der Waals surface area (Å²) in [4.78, 5) is 0. The van der Waals surface area contributed by atoms with Crippen molar-refractivity contribution in [2.45, 2.75) is 26.7 Å². The number of rotatable bonds is 4. The Labute approximate surface area is 59.8 Å². The summed E-state index contributed by atoms with van der Waals surface area (Å²) >= 11 is 0. The lowest BCUT2D eigenvalue weighted by atomic mass is 10.5. The summed E-state index contributed by atoms with van der Waals surface area (Å²) in [5.41, 5.74) is 0. The minimum atomic E-state index is 0.885. The molecule has 0 aromatic rings. The van der Waals surface area contributed by atoms with E-state index in [4.69, 9.17) is 0 Å². The molecule has 0 aliphatic heterocycles. The van der Waals surface area contributed by atoms with Gasteiger partial charge in [-0.05, 0) is 12.8 Å². The summed E-state index contributed by atoms with van der Waals surface area (Å²) in [5.74, 6) is 4.46. The van der Waals surface area contributed by atoms with Gasteiger partial charge in [0.25, 0.3) is 0 Å². The van der Waals surface area contributed by atoms with Gasteiger partial charge in [0.1, 0.15) is 0 Å². The molecule has 0 heterocycles. The molecule has 0 radical (unpaired) electrons. The van der Waals surface area contributed by atoms with Crippen LogP contribution in [0.2, 0.25) is 0 Å². The lowest BCUT2D eigenvalue weighted by molar-refractivity contribution is 1.23. The van der Waals surface area contributed by atoms with E-state index in [2.05, 4.69) is 37.6 Å². The van der Waals surface area contributed by atoms with E-state index in [1.54, 1.807) is 0 Å². The number of allylic oxidation sites excluding steroid dienone is 2. The second-order valence-electron chi connectivity index (χ2n) is 1.79. The van der Waals surface area contributed by atoms with Crippen molar-refractivity contribution in [2.24, 2.45) is 0 Å². The normalized spacial score (nSPS) is 11.8. The van der Waals surface area contributed by atoms with Crippen molar-refractivity contribution in [2.75, 3.05) is 0 Å². The van der Waals surface area contributed by atoms with Gasteiger partial charge < -0.3 is 0 Å². The molecule has 0 aromatic heterocycles. The predicted octanol–water partition coefficient (Wildman–Crippen LogP) is 3.51. The Morgan fingerprint density at radius 1 is 1.00 bits per heavy atom. The van der Waals surface area contributed by atoms with E-state index in [1.807, 2.05) is 0 Å². The van der Waals surface area contributed by atoms with Crippen molar-refractivity contribution >= 4 is 8.58 Å². The topological polar surface area (TPSA) is 0 Å². The maximum Gasteiger partial charge on any atom is -0.0376 e. The van der Waals surface area contributed by atoms with Crippen molar-refractivity contribution in [3.05, 3.63) is 23.8 Å². The van der Waals surface area contributed by atoms with Crippen LogP contribution in [-0.4, -0.2) is 0 Å². The number of hydrogen-bond acceptors (Lipinski definition) is 0. The van der Waals surface area contributed by atoms with Gasteiger partial charge in [0, 0.05) is 0 Å². The van der Waals surface area contributed by atoms with E-state index in [-0.39, 0.29) is 0 Å². The zero-order chi connectivity index (χ0) is 6.95. The Kier molecular flexibility index (Phi) is 7.83. The lowest BCUT2D eigenvalue weighted by Crippen LogP contribution is -1.48. The van der Waals surface area contributed by atoms with Crippen molar-refractivity contribution < 1.29 is 0 Å². The molecule has 0 saturated heterocycles. The molecule has 0 spiro atoms. The van der Waals surface area contributed by atoms with Gasteiger partial charge in [0.15, 0.2) is 0 Å². The van der Waals surface area contributed by atoms with E-state index in [0.717, 1.165) is 21.4 Å². The SMILES string of the molecule is CC/C=C/P/C=C/CC. The van der Waals surface area contributed by atoms with Crippen LogP contribution in [0.15, 0.2) is 23.8 Å². The van der Waals surface area contributed by atoms with Crippen LogP contribution in [0, 0.1) is 0 Å². The van der Waals surface area contributed by atoms with Gasteiger partial charge in [0.2, 0.25) is 0 Å². The van der Waals surface area contributed by atoms with Gasteiger partial charge in [0.05, 0.1) is 0 Å². The van der Waals surface area contributed by atoms with Gasteiger partial charge in [-0.3, -0.25) is 0 Å². The summed E-state index contributed by atoms with van der Waals surface area (Å²) < 4.78 is 0. The zero-order valence-electron chi connectivity index (χ0n) is 6.22. The average Bonchev–Trinajstić information content (AvgIpc) is 1.89. The van der Waals surface area contributed by atoms with Crippen LogP contribution >= 0.6 is 8.58 Å². The third-order valence-electron chi connectivity index (χ3n) is 0.900. The Morgan fingerprint density at radius 3 is 1.78 bits per heavy atom. The Morgan fingerprint density at radius 2 is 1.44 bits per heavy atom. The first-order valence-electron chi connectivity index (χ1n) is 3.47. The molecular weight excluding hydrogens is 127 g/mol. The quantitative estimate of drug-likeness (QED) is 0.527. The third kappa shape index (κ3) is 7.91. The molecular formula is C8H15P. The number of hydrogen-bond donors (Lipinski definition) is 0. The van der Waals surface area contributed by atoms with Crippen LogP contribution in [-0.2, 0) is 0 Å². The standard InChI is InChI=1S/C8H15P/c1-3-5-7-9-8-6-4-2/h5-9H,3-4H2,1-2H3/b7-5+,8-6+. The van der Waals surface area contributed by atoms with Crippen LogP contribution in [0.3, 0.4) is 0 Å². The predicted molar refractivity (Wildman–Crippen MR) is 47.2 cm³/mol. The Hall–Kier alpha value is -0.0900. The van der Waals surface area contributed by atoms with Crippen molar-refractivity contribution in [1.29, 1.82) is 0 Å². The molecule has 52 valence electrons. The summed E-state index contributed by atoms with van der Waals surface area (Å²) in [6.07, 6.45) is 6.73. The molecule has 0 bridgehead atoms. The third-order valence-corrected chi connectivity index (χ3v) is 1.76. The van der Waals surface area contributed by atoms with E-state index >= 15 is 0 Å². The van der Waals surface area contributed by atoms with E-state index in [9.17, 15) is 0 Å². The highest BCUT2D eigenvalue weighted by Crippen LogP contribution is 2.13. The monoisotopic (exact) mass is 142 g/mol. The molecule has 0 nitrogen and oxygen atoms in total. The van der Waals surface area contributed by atoms with E-state index in [1.165, 1.54) is 0 Å². The molecule has 0 aromatic carbocycles. The molecule has 0 aliphatic carbocycles. The molecule has 0 N–H and O–H groups in total. The van der Waals surface area contributed by atoms with Crippen LogP contribution in [0.5, 0.6) is 0 Å². The van der Waals surface area contributed by atoms with Gasteiger partial charge >= 0.3 is 0 Å². The molecule has 0 atom stereocenters. The second-order valence-corrected chi connectivity index (χ2v) is 2.79. The maximum absolute atomic E-state index is 2.23. The molecule has 9 heavy (non-hydrogen) atoms. The average molecular weight is 142 g/mol. The highest BCUT2D eigenvalue weighted by Gasteiger charge is 1.67. The zero-order valence-corrected chi connectivity index (χ0v) is 7.22. The van der Waals surface area contributed by atoms with Crippen LogP contribution in [0.4, 0.5) is 0 Å². The summed E-state index contributed by atoms with van der Waals surface area (Å²) in [5, 5.41) is 0. The summed E-state index contributed by atoms with van der Waals surface area (Å²) in [6.45, 7) is 4.31. The molecule has 0 unspecified atom stereocenters. The minimum Gasteiger partial charge on any atom is -0.0843 e. The van der Waals surface area contributed by atoms with Gasteiger partial charge in [-0.1, -0.05) is 46.2 Å². The maximum atomic E-state index is 2.23. The van der Waals surface area contributed by atoms with Gasteiger partial charge in [-0.25, -0.2) is 0 Å². The Bertz CT molecular complexity index is 80.7. The largest absolute Gasteiger partial charge is 0.0843 e. The molecule has 1 heteroatoms. The van der Waals surface area contributed by atoms with Crippen LogP contribution in [0.1, 0.15) is 26.7 Å². The highest BCUT2D eigenvalue weighted by molar-refractivity contribution is 7.45. The first-order chi connectivity index (χ1) is 4.41. The fourth-order valence-corrected chi connectivity index (χ4v) is 1.28. The molecule has 0 saturated carbocycles. The van der Waals surface area contributed by atoms with Crippen LogP contribution in [0.25, 0.3) is 0 Å². The lowest BCUT2D eigenvalue weighted by Gasteiger charge is -1.80. The fraction of sp³-hybridized carbons (Fsp3) is 0.500. The summed E-state index contributed by atoms with van der Waals surface area (Å²) in [6, 6.07) is 0.